The highest BCUT2D eigenvalue weighted by Crippen LogP contribution is 2.65. The van der Waals surface area contributed by atoms with Crippen LogP contribution in [0.3, 0.4) is 0 Å². The van der Waals surface area contributed by atoms with Crippen LogP contribution in [0.2, 0.25) is 0 Å². The summed E-state index contributed by atoms with van der Waals surface area (Å²) in [6.07, 6.45) is -7.84. The van der Waals surface area contributed by atoms with Gasteiger partial charge in [0.1, 0.15) is 0 Å². The highest BCUT2D eigenvalue weighted by Gasteiger charge is 2.95. The minimum absolute atomic E-state index is 0.0391. The number of benzene rings is 2. The summed E-state index contributed by atoms with van der Waals surface area (Å²) < 4.78 is 257. The van der Waals surface area contributed by atoms with Gasteiger partial charge in [0.2, 0.25) is 0 Å². The number of hydrogen-bond acceptors (Lipinski definition) is 3. The largest absolute Gasteiger partial charge is 0.460 e. The average molecular weight is 666 g/mol. The Kier molecular flexibility index (Phi) is 8.76. The summed E-state index contributed by atoms with van der Waals surface area (Å²) >= 11 is 0. The van der Waals surface area contributed by atoms with Gasteiger partial charge in [-0.1, -0.05) is 42.5 Å². The zero-order chi connectivity index (χ0) is 33.0. The summed E-state index contributed by atoms with van der Waals surface area (Å²) in [4.78, 5) is -1.14. The number of alkyl halides is 17. The van der Waals surface area contributed by atoms with E-state index in [1.807, 2.05) is 0 Å². The van der Waals surface area contributed by atoms with E-state index < -0.39 is 87.0 Å². The molecule has 2 aromatic rings. The molecule has 3 nitrogen and oxygen atoms in total. The van der Waals surface area contributed by atoms with Gasteiger partial charge in [0.05, 0.1) is 11.5 Å². The van der Waals surface area contributed by atoms with Crippen molar-refractivity contribution in [2.24, 2.45) is 0 Å². The van der Waals surface area contributed by atoms with Gasteiger partial charge in [-0.2, -0.15) is 83.1 Å². The molecule has 0 aromatic heterocycles. The van der Waals surface area contributed by atoms with Gasteiger partial charge in [0.25, 0.3) is 10.1 Å². The van der Waals surface area contributed by atoms with Crippen LogP contribution >= 0.6 is 0 Å². The Hall–Kier alpha value is -2.84. The molecule has 238 valence electrons. The lowest BCUT2D eigenvalue weighted by atomic mass is 9.87. The van der Waals surface area contributed by atoms with Crippen molar-refractivity contribution in [3.63, 3.8) is 0 Å². The Bertz CT molecular complexity index is 1350. The van der Waals surface area contributed by atoms with E-state index in [0.717, 1.165) is 0 Å². The van der Waals surface area contributed by atoms with Crippen LogP contribution in [0.25, 0.3) is 0 Å². The molecule has 0 spiro atoms. The van der Waals surface area contributed by atoms with Crippen LogP contribution in [0.5, 0.6) is 0 Å². The van der Waals surface area contributed by atoms with E-state index in [1.165, 1.54) is 30.3 Å². The van der Waals surface area contributed by atoms with Gasteiger partial charge >= 0.3 is 47.6 Å². The Morgan fingerprint density at radius 1 is 0.500 bits per heavy atom. The molecule has 0 aliphatic heterocycles. The van der Waals surface area contributed by atoms with Crippen molar-refractivity contribution in [2.45, 2.75) is 59.1 Å². The first-order valence-electron chi connectivity index (χ1n) is 10.3. The molecule has 0 saturated carbocycles. The molecule has 0 atom stereocenters. The Labute approximate surface area is 223 Å². The van der Waals surface area contributed by atoms with Gasteiger partial charge in [0.15, 0.2) is 0 Å². The topological polar surface area (TPSA) is 43.4 Å². The molecular weight excluding hydrogens is 655 g/mol. The van der Waals surface area contributed by atoms with Crippen molar-refractivity contribution < 1.29 is 87.2 Å². The second kappa shape index (κ2) is 10.4. The van der Waals surface area contributed by atoms with Gasteiger partial charge in [-0.3, -0.25) is 4.18 Å². The fourth-order valence-corrected chi connectivity index (χ4v) is 3.86. The molecular formula is C21H11F17O3S. The second-order valence-electron chi connectivity index (χ2n) is 8.24. The first kappa shape index (κ1) is 35.4. The highest BCUT2D eigenvalue weighted by atomic mass is 32.2. The molecule has 0 saturated heterocycles. The van der Waals surface area contributed by atoms with E-state index >= 15 is 0 Å². The third kappa shape index (κ3) is 5.25. The van der Waals surface area contributed by atoms with Crippen molar-refractivity contribution in [1.82, 2.24) is 0 Å². The van der Waals surface area contributed by atoms with E-state index in [4.69, 9.17) is 0 Å². The fraction of sp³-hybridized carbons (Fsp3) is 0.429. The van der Waals surface area contributed by atoms with Crippen LogP contribution < -0.4 is 0 Å². The molecule has 42 heavy (non-hydrogen) atoms. The SMILES string of the molecule is O=S(=O)(OCc1ccccc1)c1ccc(C(F)(F)C(F)(F)C(F)(F)C(F)(F)C(F)(F)C(F)(F)C(F)(F)C(F)(F)F)cc1. The van der Waals surface area contributed by atoms with Crippen molar-refractivity contribution in [2.75, 3.05) is 0 Å². The normalized spacial score (nSPS) is 15.2. The Morgan fingerprint density at radius 3 is 1.29 bits per heavy atom. The molecule has 0 radical (unpaired) electrons. The van der Waals surface area contributed by atoms with E-state index in [0.29, 0.717) is 0 Å². The molecule has 0 unspecified atom stereocenters. The molecule has 0 heterocycles. The van der Waals surface area contributed by atoms with Crippen molar-refractivity contribution >= 4 is 10.1 Å². The number of rotatable bonds is 11. The lowest BCUT2D eigenvalue weighted by Crippen LogP contribution is -2.74. The van der Waals surface area contributed by atoms with Crippen LogP contribution in [0.4, 0.5) is 74.6 Å². The van der Waals surface area contributed by atoms with Crippen LogP contribution in [-0.4, -0.2) is 50.1 Å². The molecule has 21 heteroatoms. The van der Waals surface area contributed by atoms with Gasteiger partial charge in [0, 0.05) is 5.56 Å². The third-order valence-corrected chi connectivity index (χ3v) is 6.73. The first-order valence-corrected chi connectivity index (χ1v) is 11.7. The van der Waals surface area contributed by atoms with Crippen molar-refractivity contribution in [3.05, 3.63) is 65.7 Å². The number of hydrogen-bond donors (Lipinski definition) is 0. The minimum Gasteiger partial charge on any atom is -0.262 e. The summed E-state index contributed by atoms with van der Waals surface area (Å²) in [5.74, 6) is -57.5. The van der Waals surface area contributed by atoms with E-state index in [1.54, 1.807) is 0 Å². The average Bonchev–Trinajstić information content (AvgIpc) is 2.86. The summed E-state index contributed by atoms with van der Waals surface area (Å²) in [5.41, 5.74) is -2.32. The second-order valence-corrected chi connectivity index (χ2v) is 9.86. The van der Waals surface area contributed by atoms with Crippen molar-refractivity contribution in [1.29, 1.82) is 0 Å². The standard InChI is InChI=1S/C21H11F17O3S/c22-14(23,12-6-8-13(9-7-12)42(39,40)41-10-11-4-2-1-3-5-11)15(24,25)16(26,27)17(28,29)18(30,31)19(32,33)20(34,35)21(36,37)38/h1-9H,10H2. The fourth-order valence-electron chi connectivity index (χ4n) is 2.96. The summed E-state index contributed by atoms with van der Waals surface area (Å²) in [6, 6.07) is 6.11. The maximum absolute atomic E-state index is 14.4. The zero-order valence-corrected chi connectivity index (χ0v) is 20.3. The lowest BCUT2D eigenvalue weighted by molar-refractivity contribution is -0.462. The van der Waals surface area contributed by atoms with Gasteiger partial charge in [-0.05, 0) is 17.7 Å². The summed E-state index contributed by atoms with van der Waals surface area (Å²) in [7, 11) is -4.92. The molecule has 0 N–H and O–H groups in total. The van der Waals surface area contributed by atoms with Crippen molar-refractivity contribution in [3.8, 4) is 0 Å². The monoisotopic (exact) mass is 666 g/mol. The molecule has 0 fully saturated rings. The maximum atomic E-state index is 14.4. The predicted octanol–water partition coefficient (Wildman–Crippen LogP) is 8.06. The maximum Gasteiger partial charge on any atom is 0.460 e. The predicted molar refractivity (Wildman–Crippen MR) is 104 cm³/mol. The molecule has 0 aliphatic carbocycles. The first-order chi connectivity index (χ1) is 18.5. The molecule has 2 aromatic carbocycles. The number of halogens is 17. The Morgan fingerprint density at radius 2 is 0.881 bits per heavy atom. The van der Waals surface area contributed by atoms with Gasteiger partial charge < -0.3 is 0 Å². The smallest absolute Gasteiger partial charge is 0.262 e. The van der Waals surface area contributed by atoms with Gasteiger partial charge in [-0.15, -0.1) is 0 Å². The molecule has 0 aliphatic rings. The van der Waals surface area contributed by atoms with E-state index in [-0.39, 0.29) is 17.7 Å². The molecule has 0 amide bonds. The minimum atomic E-state index is -8.74. The van der Waals surface area contributed by atoms with Crippen LogP contribution in [0.1, 0.15) is 11.1 Å². The molecule has 2 rings (SSSR count). The van der Waals surface area contributed by atoms with Crippen LogP contribution in [0.15, 0.2) is 59.5 Å². The third-order valence-electron chi connectivity index (χ3n) is 5.45. The zero-order valence-electron chi connectivity index (χ0n) is 19.5. The highest BCUT2D eigenvalue weighted by molar-refractivity contribution is 7.86. The van der Waals surface area contributed by atoms with Gasteiger partial charge in [-0.25, -0.2) is 0 Å². The Balaban J connectivity index is 2.49. The van der Waals surface area contributed by atoms with Crippen LogP contribution in [0, 0.1) is 0 Å². The van der Waals surface area contributed by atoms with E-state index in [9.17, 15) is 83.1 Å². The van der Waals surface area contributed by atoms with E-state index in [2.05, 4.69) is 4.18 Å². The summed E-state index contributed by atoms with van der Waals surface area (Å²) in [5, 5.41) is 0. The summed E-state index contributed by atoms with van der Waals surface area (Å²) in [6.45, 7) is -0.688. The quantitative estimate of drug-likeness (QED) is 0.180. The molecule has 0 bridgehead atoms. The van der Waals surface area contributed by atoms with Crippen LogP contribution in [-0.2, 0) is 26.8 Å². The lowest BCUT2D eigenvalue weighted by Gasteiger charge is -2.42.